The summed E-state index contributed by atoms with van der Waals surface area (Å²) in [7, 11) is 0. The lowest BCUT2D eigenvalue weighted by Crippen LogP contribution is -2.44. The molecule has 5 heteroatoms. The van der Waals surface area contributed by atoms with Crippen LogP contribution >= 0.6 is 0 Å². The number of benzene rings is 1. The molecule has 1 fully saturated rings. The molecule has 20 heavy (non-hydrogen) atoms. The molecule has 0 unspecified atom stereocenters. The van der Waals surface area contributed by atoms with Gasteiger partial charge in [0.1, 0.15) is 5.82 Å². The highest BCUT2D eigenvalue weighted by atomic mass is 19.1. The van der Waals surface area contributed by atoms with Crippen LogP contribution in [0, 0.1) is 17.1 Å². The van der Waals surface area contributed by atoms with Gasteiger partial charge in [-0.05, 0) is 25.0 Å². The molecule has 0 atom stereocenters. The van der Waals surface area contributed by atoms with Crippen LogP contribution in [0.2, 0.25) is 0 Å². The van der Waals surface area contributed by atoms with Crippen LogP contribution in [0.4, 0.5) is 4.39 Å². The Morgan fingerprint density at radius 2 is 2.20 bits per heavy atom. The molecule has 1 aliphatic rings. The first-order valence-electron chi connectivity index (χ1n) is 6.77. The van der Waals surface area contributed by atoms with Crippen molar-refractivity contribution in [1.29, 1.82) is 5.26 Å². The van der Waals surface area contributed by atoms with Crippen LogP contribution < -0.4 is 5.32 Å². The van der Waals surface area contributed by atoms with E-state index in [1.807, 2.05) is 11.0 Å². The summed E-state index contributed by atoms with van der Waals surface area (Å²) in [6, 6.07) is 6.75. The predicted molar refractivity (Wildman–Crippen MR) is 73.2 cm³/mol. The zero-order chi connectivity index (χ0) is 14.5. The van der Waals surface area contributed by atoms with Crippen molar-refractivity contribution in [2.24, 2.45) is 0 Å². The minimum atomic E-state index is -0.349. The molecule has 4 nitrogen and oxygen atoms in total. The van der Waals surface area contributed by atoms with Crippen LogP contribution in [0.1, 0.15) is 30.9 Å². The molecule has 1 amide bonds. The highest BCUT2D eigenvalue weighted by molar-refractivity contribution is 5.73. The second-order valence-electron chi connectivity index (χ2n) is 5.08. The number of piperidine rings is 1. The van der Waals surface area contributed by atoms with E-state index in [9.17, 15) is 9.18 Å². The third-order valence-corrected chi connectivity index (χ3v) is 3.70. The van der Waals surface area contributed by atoms with Crippen molar-refractivity contribution in [3.63, 3.8) is 0 Å². The van der Waals surface area contributed by atoms with E-state index in [0.29, 0.717) is 23.7 Å². The molecule has 1 aliphatic heterocycles. The largest absolute Gasteiger partial charge is 0.343 e. The Morgan fingerprint density at radius 3 is 2.75 bits per heavy atom. The summed E-state index contributed by atoms with van der Waals surface area (Å²) in [5.41, 5.74) is 0.902. The fraction of sp³-hybridized carbons (Fsp3) is 0.467. The van der Waals surface area contributed by atoms with Gasteiger partial charge in [0, 0.05) is 38.2 Å². The van der Waals surface area contributed by atoms with Crippen LogP contribution in [-0.2, 0) is 11.3 Å². The van der Waals surface area contributed by atoms with E-state index in [2.05, 4.69) is 5.32 Å². The van der Waals surface area contributed by atoms with Crippen LogP contribution in [0.5, 0.6) is 0 Å². The third kappa shape index (κ3) is 3.55. The highest BCUT2D eigenvalue weighted by Crippen LogP contribution is 2.13. The maximum absolute atomic E-state index is 13.7. The van der Waals surface area contributed by atoms with Crippen molar-refractivity contribution in [3.8, 4) is 6.07 Å². The Morgan fingerprint density at radius 1 is 1.50 bits per heavy atom. The Balaban J connectivity index is 1.85. The maximum atomic E-state index is 13.7. The van der Waals surface area contributed by atoms with Gasteiger partial charge in [0.2, 0.25) is 5.91 Å². The fourth-order valence-electron chi connectivity index (χ4n) is 2.41. The average Bonchev–Trinajstić information content (AvgIpc) is 2.46. The molecule has 1 aromatic rings. The molecule has 1 saturated heterocycles. The number of carbonyl (C=O) groups is 1. The van der Waals surface area contributed by atoms with Gasteiger partial charge in [-0.1, -0.05) is 6.07 Å². The molecule has 0 saturated carbocycles. The second-order valence-corrected chi connectivity index (χ2v) is 5.08. The third-order valence-electron chi connectivity index (χ3n) is 3.70. The number of likely N-dealkylation sites (tertiary alicyclic amines) is 1. The van der Waals surface area contributed by atoms with Crippen molar-refractivity contribution >= 4 is 5.91 Å². The molecule has 2 rings (SSSR count). The molecule has 1 N–H and O–H groups in total. The van der Waals surface area contributed by atoms with Crippen molar-refractivity contribution in [1.82, 2.24) is 10.2 Å². The smallest absolute Gasteiger partial charge is 0.219 e. The number of hydrogen-bond donors (Lipinski definition) is 1. The van der Waals surface area contributed by atoms with E-state index in [1.54, 1.807) is 19.1 Å². The van der Waals surface area contributed by atoms with Crippen LogP contribution in [0.15, 0.2) is 18.2 Å². The van der Waals surface area contributed by atoms with E-state index in [-0.39, 0.29) is 11.7 Å². The van der Waals surface area contributed by atoms with E-state index in [0.717, 1.165) is 25.9 Å². The molecule has 0 aromatic heterocycles. The molecule has 0 radical (unpaired) electrons. The minimum Gasteiger partial charge on any atom is -0.343 e. The van der Waals surface area contributed by atoms with E-state index < -0.39 is 0 Å². The molecule has 1 aromatic carbocycles. The number of halogens is 1. The van der Waals surface area contributed by atoms with Crippen molar-refractivity contribution < 1.29 is 9.18 Å². The van der Waals surface area contributed by atoms with E-state index in [4.69, 9.17) is 5.26 Å². The molecule has 0 bridgehead atoms. The van der Waals surface area contributed by atoms with Gasteiger partial charge in [-0.3, -0.25) is 4.79 Å². The normalized spacial score (nSPS) is 15.9. The zero-order valence-electron chi connectivity index (χ0n) is 11.5. The minimum absolute atomic E-state index is 0.113. The zero-order valence-corrected chi connectivity index (χ0v) is 11.5. The number of amides is 1. The van der Waals surface area contributed by atoms with Gasteiger partial charge in [-0.25, -0.2) is 4.39 Å². The van der Waals surface area contributed by atoms with Gasteiger partial charge in [0.05, 0.1) is 11.6 Å². The van der Waals surface area contributed by atoms with Crippen LogP contribution in [0.3, 0.4) is 0 Å². The SMILES string of the molecule is CC(=O)N1CCC(NCc2ccc(C#N)cc2F)CC1. The van der Waals surface area contributed by atoms with Gasteiger partial charge in [0.15, 0.2) is 0 Å². The lowest BCUT2D eigenvalue weighted by molar-refractivity contribution is -0.129. The van der Waals surface area contributed by atoms with Gasteiger partial charge in [0.25, 0.3) is 0 Å². The quantitative estimate of drug-likeness (QED) is 0.915. The van der Waals surface area contributed by atoms with Crippen molar-refractivity contribution in [3.05, 3.63) is 35.1 Å². The summed E-state index contributed by atoms with van der Waals surface area (Å²) in [6.07, 6.45) is 1.77. The van der Waals surface area contributed by atoms with E-state index >= 15 is 0 Å². The number of hydrogen-bond acceptors (Lipinski definition) is 3. The van der Waals surface area contributed by atoms with Gasteiger partial charge < -0.3 is 10.2 Å². The van der Waals surface area contributed by atoms with Crippen molar-refractivity contribution in [2.45, 2.75) is 32.4 Å². The number of carbonyl (C=O) groups excluding carboxylic acids is 1. The summed E-state index contributed by atoms with van der Waals surface area (Å²) in [5.74, 6) is -0.237. The van der Waals surface area contributed by atoms with Crippen LogP contribution in [-0.4, -0.2) is 29.9 Å². The summed E-state index contributed by atoms with van der Waals surface area (Å²) >= 11 is 0. The number of nitrogens with zero attached hydrogens (tertiary/aromatic N) is 2. The van der Waals surface area contributed by atoms with Gasteiger partial charge in [-0.15, -0.1) is 0 Å². The Hall–Kier alpha value is -1.93. The first-order chi connectivity index (χ1) is 9.60. The Labute approximate surface area is 118 Å². The summed E-state index contributed by atoms with van der Waals surface area (Å²) in [6.45, 7) is 3.54. The first kappa shape index (κ1) is 14.5. The average molecular weight is 275 g/mol. The molecule has 0 aliphatic carbocycles. The summed E-state index contributed by atoms with van der Waals surface area (Å²) in [4.78, 5) is 13.1. The molecule has 0 spiro atoms. The lowest BCUT2D eigenvalue weighted by Gasteiger charge is -2.31. The summed E-state index contributed by atoms with van der Waals surface area (Å²) < 4.78 is 13.7. The van der Waals surface area contributed by atoms with Gasteiger partial charge >= 0.3 is 0 Å². The highest BCUT2D eigenvalue weighted by Gasteiger charge is 2.20. The Kier molecular flexibility index (Phi) is 4.70. The number of nitrogens with one attached hydrogen (secondary N) is 1. The molecule has 106 valence electrons. The number of nitriles is 1. The first-order valence-corrected chi connectivity index (χ1v) is 6.77. The lowest BCUT2D eigenvalue weighted by atomic mass is 10.0. The monoisotopic (exact) mass is 275 g/mol. The standard InChI is InChI=1S/C15H18FN3O/c1-11(20)19-6-4-14(5-7-19)18-10-13-3-2-12(9-17)8-15(13)16/h2-3,8,14,18H,4-7,10H2,1H3. The molecular weight excluding hydrogens is 257 g/mol. The number of rotatable bonds is 3. The predicted octanol–water partition coefficient (Wildman–Crippen LogP) is 1.80. The molecular formula is C15H18FN3O. The second kappa shape index (κ2) is 6.49. The topological polar surface area (TPSA) is 56.1 Å². The maximum Gasteiger partial charge on any atom is 0.219 e. The fourth-order valence-corrected chi connectivity index (χ4v) is 2.41. The van der Waals surface area contributed by atoms with E-state index in [1.165, 1.54) is 6.07 Å². The van der Waals surface area contributed by atoms with Gasteiger partial charge in [-0.2, -0.15) is 5.26 Å². The van der Waals surface area contributed by atoms with Crippen LogP contribution in [0.25, 0.3) is 0 Å². The van der Waals surface area contributed by atoms with Crippen molar-refractivity contribution in [2.75, 3.05) is 13.1 Å². The molecule has 1 heterocycles. The Bertz CT molecular complexity index is 530. The summed E-state index contributed by atoms with van der Waals surface area (Å²) in [5, 5.41) is 12.0.